The number of pyridine rings is 1. The zero-order valence-corrected chi connectivity index (χ0v) is 24.2. The van der Waals surface area contributed by atoms with Crippen molar-refractivity contribution in [2.75, 3.05) is 52.3 Å². The van der Waals surface area contributed by atoms with Gasteiger partial charge in [0.25, 0.3) is 5.91 Å². The first-order valence-electron chi connectivity index (χ1n) is 13.7. The van der Waals surface area contributed by atoms with E-state index in [0.717, 1.165) is 25.3 Å². The molecule has 12 nitrogen and oxygen atoms in total. The summed E-state index contributed by atoms with van der Waals surface area (Å²) in [6.07, 6.45) is 0.874. The summed E-state index contributed by atoms with van der Waals surface area (Å²) in [5.41, 5.74) is 2.78. The van der Waals surface area contributed by atoms with Crippen LogP contribution in [0.15, 0.2) is 42.6 Å². The van der Waals surface area contributed by atoms with Gasteiger partial charge in [0.1, 0.15) is 11.4 Å². The highest BCUT2D eigenvalue weighted by Gasteiger charge is 2.31. The second-order valence-corrected chi connectivity index (χ2v) is 10.3. The minimum Gasteiger partial charge on any atom is -0.480 e. The van der Waals surface area contributed by atoms with Gasteiger partial charge in [0.2, 0.25) is 5.88 Å². The van der Waals surface area contributed by atoms with E-state index in [9.17, 15) is 14.7 Å². The maximum absolute atomic E-state index is 13.3. The number of methoxy groups -OCH3 is 2. The fraction of sp³-hybridized carbons (Fsp3) is 0.448. The number of carbonyl (C=O) groups is 2. The number of hydrogen-bond acceptors (Lipinski definition) is 8. The van der Waals surface area contributed by atoms with Crippen molar-refractivity contribution in [3.05, 3.63) is 53.7 Å². The van der Waals surface area contributed by atoms with Crippen LogP contribution in [0, 0.1) is 12.8 Å². The molecule has 3 atom stereocenters. The van der Waals surface area contributed by atoms with Gasteiger partial charge in [-0.15, -0.1) is 0 Å². The Morgan fingerprint density at radius 1 is 1.20 bits per heavy atom. The molecule has 0 aliphatic carbocycles. The monoisotopic (exact) mass is 565 g/mol. The summed E-state index contributed by atoms with van der Waals surface area (Å²) < 4.78 is 12.2. The van der Waals surface area contributed by atoms with E-state index < -0.39 is 12.0 Å². The van der Waals surface area contributed by atoms with E-state index in [1.54, 1.807) is 31.0 Å². The molecule has 2 aromatic heterocycles. The van der Waals surface area contributed by atoms with Crippen LogP contribution in [0.2, 0.25) is 0 Å². The standard InChI is InChI=1S/C29H39N7O5/c1-18-16-35(11-12-40-4)17-24(18)32-29(39)33-26-20(3)25(34-36(26)22-9-7-6-8-10-22)21-13-23(28(41-5)31-15-21)27(38)30-14-19(2)37/h6-10,13,15,18-19,24,37H,11-12,14,16-17H2,1-5H3,(H,30,38)(H2,32,33,39)/t18-,19-,24-/m1/s1. The molecule has 1 fully saturated rings. The number of carbonyl (C=O) groups excluding carboxylic acids is 2. The van der Waals surface area contributed by atoms with Crippen LogP contribution in [0.25, 0.3) is 16.9 Å². The number of aromatic nitrogens is 3. The number of nitrogens with one attached hydrogen (secondary N) is 3. The molecule has 41 heavy (non-hydrogen) atoms. The van der Waals surface area contributed by atoms with E-state index >= 15 is 0 Å². The van der Waals surface area contributed by atoms with Crippen molar-refractivity contribution in [1.82, 2.24) is 30.3 Å². The van der Waals surface area contributed by atoms with Gasteiger partial charge in [0.15, 0.2) is 0 Å². The number of aliphatic hydroxyl groups is 1. The maximum Gasteiger partial charge on any atom is 0.320 e. The summed E-state index contributed by atoms with van der Waals surface area (Å²) >= 11 is 0. The summed E-state index contributed by atoms with van der Waals surface area (Å²) in [6, 6.07) is 10.8. The first-order valence-corrected chi connectivity index (χ1v) is 13.7. The minimum atomic E-state index is -0.703. The summed E-state index contributed by atoms with van der Waals surface area (Å²) in [4.78, 5) is 32.7. The molecule has 1 aliphatic heterocycles. The predicted octanol–water partition coefficient (Wildman–Crippen LogP) is 2.45. The third-order valence-corrected chi connectivity index (χ3v) is 7.09. The van der Waals surface area contributed by atoms with E-state index in [2.05, 4.69) is 32.8 Å². The molecule has 12 heteroatoms. The van der Waals surface area contributed by atoms with Crippen LogP contribution in [0.5, 0.6) is 5.88 Å². The fourth-order valence-corrected chi connectivity index (χ4v) is 4.89. The first kappa shape index (κ1) is 30.0. The third-order valence-electron chi connectivity index (χ3n) is 7.09. The van der Waals surface area contributed by atoms with Gasteiger partial charge in [-0.1, -0.05) is 25.1 Å². The molecule has 1 aromatic carbocycles. The summed E-state index contributed by atoms with van der Waals surface area (Å²) in [6.45, 7) is 8.75. The highest BCUT2D eigenvalue weighted by atomic mass is 16.5. The van der Waals surface area contributed by atoms with Crippen molar-refractivity contribution in [2.45, 2.75) is 32.9 Å². The quantitative estimate of drug-likeness (QED) is 0.278. The normalized spacial score (nSPS) is 17.7. The smallest absolute Gasteiger partial charge is 0.320 e. The van der Waals surface area contributed by atoms with Gasteiger partial charge in [-0.3, -0.25) is 15.0 Å². The number of ether oxygens (including phenoxy) is 2. The second-order valence-electron chi connectivity index (χ2n) is 10.3. The highest BCUT2D eigenvalue weighted by Crippen LogP contribution is 2.32. The number of para-hydroxylation sites is 1. The minimum absolute atomic E-state index is 0.00627. The average Bonchev–Trinajstić information content (AvgIpc) is 3.48. The number of nitrogens with zero attached hydrogens (tertiary/aromatic N) is 4. The van der Waals surface area contributed by atoms with E-state index in [1.165, 1.54) is 7.11 Å². The van der Waals surface area contributed by atoms with Crippen LogP contribution in [-0.2, 0) is 4.74 Å². The Hall–Kier alpha value is -4.00. The Morgan fingerprint density at radius 3 is 2.63 bits per heavy atom. The Balaban J connectivity index is 1.64. The lowest BCUT2D eigenvalue weighted by Crippen LogP contribution is -2.42. The van der Waals surface area contributed by atoms with Crippen molar-refractivity contribution in [2.24, 2.45) is 5.92 Å². The second kappa shape index (κ2) is 13.6. The molecule has 3 heterocycles. The molecular formula is C29H39N7O5. The zero-order valence-electron chi connectivity index (χ0n) is 24.2. The predicted molar refractivity (Wildman–Crippen MR) is 156 cm³/mol. The molecule has 1 saturated heterocycles. The largest absolute Gasteiger partial charge is 0.480 e. The van der Waals surface area contributed by atoms with Crippen molar-refractivity contribution in [3.63, 3.8) is 0 Å². The molecule has 0 spiro atoms. The lowest BCUT2D eigenvalue weighted by molar-refractivity contribution is 0.0920. The summed E-state index contributed by atoms with van der Waals surface area (Å²) in [5.74, 6) is 0.513. The molecule has 4 rings (SSSR count). The van der Waals surface area contributed by atoms with E-state index in [0.29, 0.717) is 29.2 Å². The van der Waals surface area contributed by atoms with E-state index in [4.69, 9.17) is 14.6 Å². The number of likely N-dealkylation sites (tertiary alicyclic amines) is 1. The third kappa shape index (κ3) is 7.20. The molecular weight excluding hydrogens is 526 g/mol. The van der Waals surface area contributed by atoms with Gasteiger partial charge >= 0.3 is 6.03 Å². The van der Waals surface area contributed by atoms with Gasteiger partial charge in [-0.25, -0.2) is 14.5 Å². The number of anilines is 1. The van der Waals surface area contributed by atoms with Crippen LogP contribution >= 0.6 is 0 Å². The van der Waals surface area contributed by atoms with E-state index in [-0.39, 0.29) is 36.0 Å². The number of urea groups is 1. The van der Waals surface area contributed by atoms with Crippen LogP contribution in [0.4, 0.5) is 10.6 Å². The Kier molecular flexibility index (Phi) is 9.92. The molecule has 0 bridgehead atoms. The Bertz CT molecular complexity index is 1340. The van der Waals surface area contributed by atoms with Gasteiger partial charge < -0.3 is 25.2 Å². The van der Waals surface area contributed by atoms with Gasteiger partial charge in [0, 0.05) is 56.7 Å². The zero-order chi connectivity index (χ0) is 29.5. The molecule has 1 aliphatic rings. The lowest BCUT2D eigenvalue weighted by Gasteiger charge is -2.18. The maximum atomic E-state index is 13.3. The molecule has 0 saturated carbocycles. The van der Waals surface area contributed by atoms with Gasteiger partial charge in [-0.2, -0.15) is 5.10 Å². The van der Waals surface area contributed by atoms with Crippen molar-refractivity contribution in [3.8, 4) is 22.8 Å². The Morgan fingerprint density at radius 2 is 1.95 bits per heavy atom. The molecule has 3 aromatic rings. The summed E-state index contributed by atoms with van der Waals surface area (Å²) in [7, 11) is 3.12. The van der Waals surface area contributed by atoms with Crippen LogP contribution in [-0.4, -0.2) is 95.9 Å². The fourth-order valence-electron chi connectivity index (χ4n) is 4.89. The SMILES string of the molecule is COCCN1C[C@@H](C)[C@H](NC(=O)Nc2c(C)c(-c3cnc(OC)c(C(=O)NC[C@@H](C)O)c3)nn2-c2ccccc2)C1. The van der Waals surface area contributed by atoms with Gasteiger partial charge in [0.05, 0.1) is 31.2 Å². The number of hydrogen-bond donors (Lipinski definition) is 4. The number of amides is 3. The lowest BCUT2D eigenvalue weighted by atomic mass is 10.1. The first-order chi connectivity index (χ1) is 19.7. The number of rotatable bonds is 11. The number of aliphatic hydroxyl groups excluding tert-OH is 1. The van der Waals surface area contributed by atoms with Crippen molar-refractivity contribution >= 4 is 17.8 Å². The van der Waals surface area contributed by atoms with E-state index in [1.807, 2.05) is 37.3 Å². The molecule has 3 amide bonds. The van der Waals surface area contributed by atoms with Gasteiger partial charge in [-0.05, 0) is 38.0 Å². The van der Waals surface area contributed by atoms with Crippen molar-refractivity contribution in [1.29, 1.82) is 0 Å². The topological polar surface area (TPSA) is 143 Å². The van der Waals surface area contributed by atoms with Crippen molar-refractivity contribution < 1.29 is 24.2 Å². The molecule has 0 radical (unpaired) electrons. The number of benzene rings is 1. The summed E-state index contributed by atoms with van der Waals surface area (Å²) in [5, 5.41) is 23.2. The van der Waals surface area contributed by atoms with Crippen LogP contribution in [0.3, 0.4) is 0 Å². The molecule has 4 N–H and O–H groups in total. The van der Waals surface area contributed by atoms with Crippen LogP contribution in [0.1, 0.15) is 29.8 Å². The highest BCUT2D eigenvalue weighted by molar-refractivity contribution is 5.98. The molecule has 220 valence electrons. The Labute approximate surface area is 240 Å². The molecule has 0 unspecified atom stereocenters. The average molecular weight is 566 g/mol. The van der Waals surface area contributed by atoms with Crippen LogP contribution < -0.4 is 20.7 Å².